The number of aromatic nitrogens is 1. The zero-order chi connectivity index (χ0) is 14.0. The van der Waals surface area contributed by atoms with Gasteiger partial charge in [0.2, 0.25) is 0 Å². The molecule has 2 rings (SSSR count). The fraction of sp³-hybridized carbons (Fsp3) is 0.154. The van der Waals surface area contributed by atoms with Crippen LogP contribution in [0.25, 0.3) is 0 Å². The van der Waals surface area contributed by atoms with Crippen molar-refractivity contribution in [2.75, 3.05) is 7.11 Å². The lowest BCUT2D eigenvalue weighted by Gasteiger charge is -2.15. The van der Waals surface area contributed by atoms with Gasteiger partial charge >= 0.3 is 0 Å². The van der Waals surface area contributed by atoms with E-state index in [1.165, 1.54) is 13.3 Å². The molecule has 0 spiro atoms. The van der Waals surface area contributed by atoms with E-state index in [-0.39, 0.29) is 10.6 Å². The van der Waals surface area contributed by atoms with Gasteiger partial charge in [0.25, 0.3) is 0 Å². The molecule has 0 fully saturated rings. The molecule has 2 aromatic rings. The third-order valence-corrected chi connectivity index (χ3v) is 2.98. The van der Waals surface area contributed by atoms with Gasteiger partial charge in [-0.05, 0) is 24.3 Å². The molecule has 0 radical (unpaired) electrons. The number of pyridine rings is 1. The van der Waals surface area contributed by atoms with E-state index in [9.17, 15) is 8.78 Å². The number of methoxy groups -OCH3 is 1. The lowest BCUT2D eigenvalue weighted by Crippen LogP contribution is -2.16. The predicted octanol–water partition coefficient (Wildman–Crippen LogP) is 3.07. The van der Waals surface area contributed by atoms with Gasteiger partial charge in [0.1, 0.15) is 23.1 Å². The second-order valence-electron chi connectivity index (χ2n) is 3.86. The lowest BCUT2D eigenvalue weighted by atomic mass is 10.0. The normalized spacial score (nSPS) is 12.3. The van der Waals surface area contributed by atoms with Crippen molar-refractivity contribution in [3.8, 4) is 5.75 Å². The molecule has 1 heterocycles. The molecule has 0 amide bonds. The monoisotopic (exact) mass is 284 g/mol. The van der Waals surface area contributed by atoms with E-state index in [1.807, 2.05) is 0 Å². The number of halogens is 3. The first-order chi connectivity index (χ1) is 9.04. The maximum absolute atomic E-state index is 13.8. The van der Waals surface area contributed by atoms with Gasteiger partial charge in [-0.3, -0.25) is 4.98 Å². The Morgan fingerprint density at radius 3 is 2.74 bits per heavy atom. The summed E-state index contributed by atoms with van der Waals surface area (Å²) in [5.41, 5.74) is 6.22. The van der Waals surface area contributed by atoms with E-state index < -0.39 is 17.7 Å². The van der Waals surface area contributed by atoms with Crippen molar-refractivity contribution in [1.29, 1.82) is 0 Å². The zero-order valence-corrected chi connectivity index (χ0v) is 10.8. The number of nitrogens with two attached hydrogens (primary N) is 1. The van der Waals surface area contributed by atoms with Crippen molar-refractivity contribution in [2.24, 2.45) is 5.73 Å². The molecule has 1 unspecified atom stereocenters. The minimum absolute atomic E-state index is 0.0288. The van der Waals surface area contributed by atoms with Gasteiger partial charge in [0.05, 0.1) is 18.2 Å². The molecule has 1 aromatic heterocycles. The first kappa shape index (κ1) is 13.7. The number of nitrogens with zero attached hydrogens (tertiary/aromatic N) is 1. The van der Waals surface area contributed by atoms with Crippen LogP contribution in [0, 0.1) is 11.6 Å². The predicted molar refractivity (Wildman–Crippen MR) is 68.2 cm³/mol. The number of benzene rings is 1. The van der Waals surface area contributed by atoms with Crippen molar-refractivity contribution in [3.63, 3.8) is 0 Å². The fourth-order valence-corrected chi connectivity index (χ4v) is 1.88. The Bertz CT molecular complexity index is 607. The Labute approximate surface area is 114 Å². The number of hydrogen-bond donors (Lipinski definition) is 1. The van der Waals surface area contributed by atoms with Crippen LogP contribution in [0.5, 0.6) is 5.75 Å². The topological polar surface area (TPSA) is 48.1 Å². The Balaban J connectivity index is 2.50. The molecule has 0 saturated carbocycles. The Morgan fingerprint density at radius 2 is 2.05 bits per heavy atom. The summed E-state index contributed by atoms with van der Waals surface area (Å²) in [6.07, 6.45) is 1.50. The summed E-state index contributed by atoms with van der Waals surface area (Å²) in [6, 6.07) is 4.22. The molecule has 1 atom stereocenters. The highest BCUT2D eigenvalue weighted by Crippen LogP contribution is 2.29. The maximum atomic E-state index is 13.8. The molecule has 0 saturated heterocycles. The maximum Gasteiger partial charge on any atom is 0.142 e. The average molecular weight is 285 g/mol. The van der Waals surface area contributed by atoms with Gasteiger partial charge < -0.3 is 10.5 Å². The molecule has 0 aliphatic carbocycles. The molecule has 1 aromatic carbocycles. The van der Waals surface area contributed by atoms with Crippen LogP contribution in [-0.4, -0.2) is 12.1 Å². The summed E-state index contributed by atoms with van der Waals surface area (Å²) < 4.78 is 32.3. The van der Waals surface area contributed by atoms with Crippen molar-refractivity contribution in [1.82, 2.24) is 4.98 Å². The highest BCUT2D eigenvalue weighted by molar-refractivity contribution is 6.30. The van der Waals surface area contributed by atoms with Crippen LogP contribution < -0.4 is 10.5 Å². The summed E-state index contributed by atoms with van der Waals surface area (Å²) in [5.74, 6) is -1.01. The number of ether oxygens (including phenoxy) is 1. The van der Waals surface area contributed by atoms with E-state index in [4.69, 9.17) is 22.1 Å². The minimum Gasteiger partial charge on any atom is -0.495 e. The van der Waals surface area contributed by atoms with Crippen LogP contribution in [0.3, 0.4) is 0 Å². The van der Waals surface area contributed by atoms with Gasteiger partial charge in [-0.2, -0.15) is 0 Å². The number of hydrogen-bond acceptors (Lipinski definition) is 3. The molecule has 19 heavy (non-hydrogen) atoms. The summed E-state index contributed by atoms with van der Waals surface area (Å²) in [7, 11) is 1.45. The molecular formula is C13H11ClF2N2O. The highest BCUT2D eigenvalue weighted by Gasteiger charge is 2.20. The van der Waals surface area contributed by atoms with E-state index in [1.54, 1.807) is 12.1 Å². The van der Waals surface area contributed by atoms with Crippen LogP contribution >= 0.6 is 11.6 Å². The molecule has 2 N–H and O–H groups in total. The van der Waals surface area contributed by atoms with Crippen molar-refractivity contribution < 1.29 is 13.5 Å². The minimum atomic E-state index is -0.942. The first-order valence-corrected chi connectivity index (χ1v) is 5.81. The third-order valence-electron chi connectivity index (χ3n) is 2.69. The van der Waals surface area contributed by atoms with Crippen LogP contribution in [0.4, 0.5) is 8.78 Å². The standard InChI is InChI=1S/C13H11ClF2N2O/c1-19-11-3-2-4-18-13(11)12(17)7-5-10(16)8(14)6-9(7)15/h2-6,12H,17H2,1H3. The molecule has 0 bridgehead atoms. The molecule has 0 aliphatic rings. The first-order valence-electron chi connectivity index (χ1n) is 5.43. The summed E-state index contributed by atoms with van der Waals surface area (Å²) >= 11 is 5.50. The lowest BCUT2D eigenvalue weighted by molar-refractivity contribution is 0.404. The van der Waals surface area contributed by atoms with E-state index in [2.05, 4.69) is 4.98 Å². The second-order valence-corrected chi connectivity index (χ2v) is 4.26. The van der Waals surface area contributed by atoms with E-state index >= 15 is 0 Å². The van der Waals surface area contributed by atoms with Crippen molar-refractivity contribution in [2.45, 2.75) is 6.04 Å². The SMILES string of the molecule is COc1cccnc1C(N)c1cc(F)c(Cl)cc1F. The quantitative estimate of drug-likeness (QED) is 0.881. The molecule has 3 nitrogen and oxygen atoms in total. The summed E-state index contributed by atoms with van der Waals surface area (Å²) in [5, 5.41) is -0.290. The van der Waals surface area contributed by atoms with Crippen molar-refractivity contribution in [3.05, 3.63) is 58.4 Å². The smallest absolute Gasteiger partial charge is 0.142 e. The van der Waals surface area contributed by atoms with E-state index in [0.717, 1.165) is 12.1 Å². The van der Waals surface area contributed by atoms with Crippen LogP contribution in [-0.2, 0) is 0 Å². The van der Waals surface area contributed by atoms with Gasteiger partial charge in [-0.25, -0.2) is 8.78 Å². The van der Waals surface area contributed by atoms with Gasteiger partial charge in [0, 0.05) is 11.8 Å². The van der Waals surface area contributed by atoms with Crippen LogP contribution in [0.15, 0.2) is 30.5 Å². The van der Waals surface area contributed by atoms with Gasteiger partial charge in [-0.1, -0.05) is 11.6 Å². The Hall–Kier alpha value is -1.72. The fourth-order valence-electron chi connectivity index (χ4n) is 1.73. The molecular weight excluding hydrogens is 274 g/mol. The second kappa shape index (κ2) is 5.50. The Kier molecular flexibility index (Phi) is 3.97. The van der Waals surface area contributed by atoms with Gasteiger partial charge in [-0.15, -0.1) is 0 Å². The summed E-state index contributed by atoms with van der Waals surface area (Å²) in [6.45, 7) is 0. The van der Waals surface area contributed by atoms with Crippen molar-refractivity contribution >= 4 is 11.6 Å². The Morgan fingerprint density at radius 1 is 1.32 bits per heavy atom. The highest BCUT2D eigenvalue weighted by atomic mass is 35.5. The zero-order valence-electron chi connectivity index (χ0n) is 10.0. The van der Waals surface area contributed by atoms with Gasteiger partial charge in [0.15, 0.2) is 0 Å². The average Bonchev–Trinajstić information content (AvgIpc) is 2.42. The molecule has 100 valence electrons. The summed E-state index contributed by atoms with van der Waals surface area (Å²) in [4.78, 5) is 4.05. The molecule has 6 heteroatoms. The molecule has 0 aliphatic heterocycles. The third kappa shape index (κ3) is 2.67. The van der Waals surface area contributed by atoms with Crippen LogP contribution in [0.1, 0.15) is 17.3 Å². The number of rotatable bonds is 3. The van der Waals surface area contributed by atoms with E-state index in [0.29, 0.717) is 11.4 Å². The van der Waals surface area contributed by atoms with Crippen LogP contribution in [0.2, 0.25) is 5.02 Å². The largest absolute Gasteiger partial charge is 0.495 e.